The molecule has 0 aliphatic rings. The number of carbonyl (C=O) groups is 1. The van der Waals surface area contributed by atoms with Crippen LogP contribution in [0.1, 0.15) is 30.1 Å². The van der Waals surface area contributed by atoms with Crippen molar-refractivity contribution in [3.63, 3.8) is 0 Å². The lowest BCUT2D eigenvalue weighted by Crippen LogP contribution is -2.34. The van der Waals surface area contributed by atoms with Crippen LogP contribution in [0.2, 0.25) is 5.02 Å². The van der Waals surface area contributed by atoms with Gasteiger partial charge in [0.1, 0.15) is 5.75 Å². The second-order valence-corrected chi connectivity index (χ2v) is 6.30. The average molecular weight is 393 g/mol. The first kappa shape index (κ1) is 20.7. The highest BCUT2D eigenvalue weighted by molar-refractivity contribution is 6.30. The predicted octanol–water partition coefficient (Wildman–Crippen LogP) is 4.28. The maximum atomic E-state index is 12.6. The van der Waals surface area contributed by atoms with Crippen LogP contribution in [0.4, 0.5) is 5.69 Å². The van der Waals surface area contributed by atoms with E-state index in [1.807, 2.05) is 6.92 Å². The number of nitrogens with zero attached hydrogens (tertiary/aromatic N) is 2. The van der Waals surface area contributed by atoms with Gasteiger partial charge in [-0.05, 0) is 42.8 Å². The van der Waals surface area contributed by atoms with Gasteiger partial charge in [-0.1, -0.05) is 24.9 Å². The average Bonchev–Trinajstić information content (AvgIpc) is 2.66. The highest BCUT2D eigenvalue weighted by Crippen LogP contribution is 2.33. The first-order valence-corrected chi connectivity index (χ1v) is 8.96. The van der Waals surface area contributed by atoms with E-state index in [2.05, 4.69) is 0 Å². The molecule has 0 spiro atoms. The van der Waals surface area contributed by atoms with E-state index in [1.54, 1.807) is 29.2 Å². The number of amides is 1. The highest BCUT2D eigenvalue weighted by Gasteiger charge is 2.18. The number of unbranched alkanes of at least 4 members (excludes halogenated alkanes) is 1. The topological polar surface area (TPSA) is 92.9 Å². The lowest BCUT2D eigenvalue weighted by molar-refractivity contribution is -0.385. The number of ether oxygens (including phenoxy) is 1. The van der Waals surface area contributed by atoms with Gasteiger partial charge in [0.2, 0.25) is 5.75 Å². The first-order chi connectivity index (χ1) is 13.0. The maximum absolute atomic E-state index is 12.6. The van der Waals surface area contributed by atoms with Gasteiger partial charge in [-0.25, -0.2) is 0 Å². The quantitative estimate of drug-likeness (QED) is 0.508. The van der Waals surface area contributed by atoms with Gasteiger partial charge in [0.15, 0.2) is 0 Å². The molecule has 0 saturated heterocycles. The zero-order valence-corrected chi connectivity index (χ0v) is 15.7. The Balaban J connectivity index is 2.15. The molecule has 144 valence electrons. The summed E-state index contributed by atoms with van der Waals surface area (Å²) >= 11 is 5.79. The van der Waals surface area contributed by atoms with Crippen LogP contribution in [0, 0.1) is 10.1 Å². The van der Waals surface area contributed by atoms with E-state index >= 15 is 0 Å². The minimum atomic E-state index is -0.570. The largest absolute Gasteiger partial charge is 0.450 e. The van der Waals surface area contributed by atoms with E-state index in [1.165, 1.54) is 18.2 Å². The van der Waals surface area contributed by atoms with Crippen LogP contribution in [0.5, 0.6) is 11.5 Å². The number of aliphatic hydroxyl groups is 1. The van der Waals surface area contributed by atoms with Gasteiger partial charge in [0, 0.05) is 29.7 Å². The molecule has 0 saturated carbocycles. The summed E-state index contributed by atoms with van der Waals surface area (Å²) in [6.07, 6.45) is 1.80. The van der Waals surface area contributed by atoms with Crippen LogP contribution in [0.15, 0.2) is 42.5 Å². The summed E-state index contributed by atoms with van der Waals surface area (Å²) in [4.78, 5) is 24.7. The van der Waals surface area contributed by atoms with E-state index in [9.17, 15) is 14.9 Å². The molecule has 7 nitrogen and oxygen atoms in total. The second kappa shape index (κ2) is 9.89. The van der Waals surface area contributed by atoms with Gasteiger partial charge < -0.3 is 14.7 Å². The van der Waals surface area contributed by atoms with Crippen LogP contribution in [0.25, 0.3) is 0 Å². The molecule has 27 heavy (non-hydrogen) atoms. The fourth-order valence-corrected chi connectivity index (χ4v) is 2.65. The second-order valence-electron chi connectivity index (χ2n) is 5.86. The molecule has 0 aromatic heterocycles. The fraction of sp³-hybridized carbons (Fsp3) is 0.316. The van der Waals surface area contributed by atoms with Crippen molar-refractivity contribution in [2.75, 3.05) is 19.7 Å². The summed E-state index contributed by atoms with van der Waals surface area (Å²) in [7, 11) is 0. The predicted molar refractivity (Wildman–Crippen MR) is 103 cm³/mol. The Hall–Kier alpha value is -2.64. The molecule has 1 amide bonds. The van der Waals surface area contributed by atoms with E-state index in [-0.39, 0.29) is 35.5 Å². The Morgan fingerprint density at radius 2 is 1.93 bits per heavy atom. The van der Waals surface area contributed by atoms with Crippen molar-refractivity contribution in [1.29, 1.82) is 0 Å². The van der Waals surface area contributed by atoms with Gasteiger partial charge in [-0.3, -0.25) is 14.9 Å². The highest BCUT2D eigenvalue weighted by atomic mass is 35.5. The molecule has 2 aromatic rings. The smallest absolute Gasteiger partial charge is 0.313 e. The molecule has 0 aliphatic heterocycles. The Morgan fingerprint density at radius 3 is 2.52 bits per heavy atom. The van der Waals surface area contributed by atoms with Crippen molar-refractivity contribution >= 4 is 23.2 Å². The molecular formula is C19H21ClN2O5. The molecule has 1 N–H and O–H groups in total. The van der Waals surface area contributed by atoms with Gasteiger partial charge in [0.05, 0.1) is 11.5 Å². The number of nitro benzene ring substituents is 1. The van der Waals surface area contributed by atoms with Crippen LogP contribution >= 0.6 is 11.6 Å². The van der Waals surface area contributed by atoms with Crippen LogP contribution in [-0.2, 0) is 0 Å². The standard InChI is InChI=1S/C19H21ClN2O5/c1-2-3-10-21(11-12-23)19(24)14-4-7-16(8-5-14)27-18-9-6-15(20)13-17(18)22(25)26/h4-9,13,23H,2-3,10-12H2,1H3. The third-order valence-corrected chi connectivity index (χ3v) is 4.12. The molecule has 2 aromatic carbocycles. The molecular weight excluding hydrogens is 372 g/mol. The molecule has 0 bridgehead atoms. The van der Waals surface area contributed by atoms with E-state index in [0.29, 0.717) is 17.9 Å². The third-order valence-electron chi connectivity index (χ3n) is 3.89. The molecule has 0 heterocycles. The van der Waals surface area contributed by atoms with Crippen molar-refractivity contribution in [1.82, 2.24) is 4.90 Å². The van der Waals surface area contributed by atoms with Crippen LogP contribution < -0.4 is 4.74 Å². The van der Waals surface area contributed by atoms with Crippen molar-refractivity contribution in [2.24, 2.45) is 0 Å². The summed E-state index contributed by atoms with van der Waals surface area (Å²) in [6.45, 7) is 2.78. The third kappa shape index (κ3) is 5.67. The van der Waals surface area contributed by atoms with Crippen molar-refractivity contribution in [2.45, 2.75) is 19.8 Å². The van der Waals surface area contributed by atoms with Crippen LogP contribution in [-0.4, -0.2) is 40.5 Å². The number of benzene rings is 2. The minimum Gasteiger partial charge on any atom is -0.450 e. The zero-order valence-electron chi connectivity index (χ0n) is 14.9. The van der Waals surface area contributed by atoms with Gasteiger partial charge in [0.25, 0.3) is 5.91 Å². The van der Waals surface area contributed by atoms with Crippen molar-refractivity contribution in [3.8, 4) is 11.5 Å². The SMILES string of the molecule is CCCCN(CCO)C(=O)c1ccc(Oc2ccc(Cl)cc2[N+](=O)[O-])cc1. The summed E-state index contributed by atoms with van der Waals surface area (Å²) in [6, 6.07) is 10.5. The molecule has 0 fully saturated rings. The normalized spacial score (nSPS) is 10.5. The van der Waals surface area contributed by atoms with Gasteiger partial charge in [-0.15, -0.1) is 0 Å². The Bertz CT molecular complexity index is 795. The van der Waals surface area contributed by atoms with Crippen LogP contribution in [0.3, 0.4) is 0 Å². The number of aliphatic hydroxyl groups excluding tert-OH is 1. The van der Waals surface area contributed by atoms with Crippen molar-refractivity contribution in [3.05, 3.63) is 63.2 Å². The Morgan fingerprint density at radius 1 is 1.22 bits per heavy atom. The summed E-state index contributed by atoms with van der Waals surface area (Å²) in [5, 5.41) is 20.5. The summed E-state index contributed by atoms with van der Waals surface area (Å²) < 4.78 is 5.57. The van der Waals surface area contributed by atoms with E-state index < -0.39 is 4.92 Å². The zero-order chi connectivity index (χ0) is 19.8. The van der Waals surface area contributed by atoms with Crippen molar-refractivity contribution < 1.29 is 19.6 Å². The van der Waals surface area contributed by atoms with Gasteiger partial charge in [-0.2, -0.15) is 0 Å². The van der Waals surface area contributed by atoms with E-state index in [0.717, 1.165) is 12.8 Å². The first-order valence-electron chi connectivity index (χ1n) is 8.58. The number of hydrogen-bond acceptors (Lipinski definition) is 5. The molecule has 0 unspecified atom stereocenters. The lowest BCUT2D eigenvalue weighted by atomic mass is 10.1. The monoisotopic (exact) mass is 392 g/mol. The minimum absolute atomic E-state index is 0.0633. The molecule has 8 heteroatoms. The lowest BCUT2D eigenvalue weighted by Gasteiger charge is -2.21. The Labute approximate surface area is 162 Å². The number of halogens is 1. The Kier molecular flexibility index (Phi) is 7.57. The maximum Gasteiger partial charge on any atom is 0.313 e. The number of carbonyl (C=O) groups excluding carboxylic acids is 1. The number of nitro groups is 1. The van der Waals surface area contributed by atoms with E-state index in [4.69, 9.17) is 21.4 Å². The molecule has 2 rings (SSSR count). The molecule has 0 atom stereocenters. The fourth-order valence-electron chi connectivity index (χ4n) is 2.48. The molecule has 0 radical (unpaired) electrons. The molecule has 0 aliphatic carbocycles. The summed E-state index contributed by atoms with van der Waals surface area (Å²) in [5.74, 6) is 0.245. The van der Waals surface area contributed by atoms with Gasteiger partial charge >= 0.3 is 5.69 Å². The summed E-state index contributed by atoms with van der Waals surface area (Å²) in [5.41, 5.74) is 0.217. The number of rotatable bonds is 9. The number of hydrogen-bond donors (Lipinski definition) is 1.